The molecule has 0 spiro atoms. The van der Waals surface area contributed by atoms with Gasteiger partial charge in [0.1, 0.15) is 11.1 Å². The second-order valence-electron chi connectivity index (χ2n) is 10.7. The van der Waals surface area contributed by atoms with Gasteiger partial charge in [0.2, 0.25) is 0 Å². The minimum absolute atomic E-state index is 0.272. The van der Waals surface area contributed by atoms with Crippen LogP contribution in [0, 0.1) is 11.8 Å². The van der Waals surface area contributed by atoms with E-state index in [1.54, 1.807) is 0 Å². The van der Waals surface area contributed by atoms with Crippen LogP contribution in [0.5, 0.6) is 0 Å². The first-order valence-electron chi connectivity index (χ1n) is 12.7. The summed E-state index contributed by atoms with van der Waals surface area (Å²) in [6.45, 7) is 11.1. The van der Waals surface area contributed by atoms with Crippen molar-refractivity contribution >= 4 is 12.2 Å². The molecule has 0 bridgehead atoms. The molecule has 0 radical (unpaired) electrons. The molecule has 198 valence electrons. The standard InChI is InChI=1S/C31H39NO5/c1-29(2,3)37-28(33)32-31(23-35-30(4,5)36-24-31)20-19-26-17-15-25(16-18-26)12-10-7-11-21-34-22-27-13-8-6-9-14-27/h6,8-9,13-20H,7,11,21-24H2,1-5H3,(H,32,33). The maximum absolute atomic E-state index is 12.5. The van der Waals surface area contributed by atoms with E-state index in [1.165, 1.54) is 5.56 Å². The third-order valence-electron chi connectivity index (χ3n) is 5.54. The first kappa shape index (κ1) is 28.5. The van der Waals surface area contributed by atoms with Crippen molar-refractivity contribution in [3.63, 3.8) is 0 Å². The second kappa shape index (κ2) is 12.9. The summed E-state index contributed by atoms with van der Waals surface area (Å²) >= 11 is 0. The molecule has 6 heteroatoms. The van der Waals surface area contributed by atoms with Gasteiger partial charge in [0, 0.05) is 18.6 Å². The van der Waals surface area contributed by atoms with Gasteiger partial charge in [-0.1, -0.05) is 66.5 Å². The highest BCUT2D eigenvalue weighted by Gasteiger charge is 2.40. The molecule has 1 saturated heterocycles. The molecule has 0 atom stereocenters. The van der Waals surface area contributed by atoms with Crippen LogP contribution in [0.2, 0.25) is 0 Å². The molecule has 1 aliphatic heterocycles. The molecule has 2 aromatic carbocycles. The normalized spacial score (nSPS) is 16.6. The molecule has 0 aromatic heterocycles. The molecular formula is C31H39NO5. The topological polar surface area (TPSA) is 66.0 Å². The van der Waals surface area contributed by atoms with E-state index in [2.05, 4.69) is 29.3 Å². The van der Waals surface area contributed by atoms with Crippen LogP contribution in [0.4, 0.5) is 4.79 Å². The van der Waals surface area contributed by atoms with Crippen molar-refractivity contribution in [3.05, 3.63) is 77.4 Å². The summed E-state index contributed by atoms with van der Waals surface area (Å²) in [5, 5.41) is 2.94. The second-order valence-corrected chi connectivity index (χ2v) is 10.7. The summed E-state index contributed by atoms with van der Waals surface area (Å²) in [5.41, 5.74) is 1.68. The first-order chi connectivity index (χ1) is 17.5. The van der Waals surface area contributed by atoms with Gasteiger partial charge < -0.3 is 24.3 Å². The zero-order valence-electron chi connectivity index (χ0n) is 22.6. The fourth-order valence-electron chi connectivity index (χ4n) is 3.53. The molecule has 1 aliphatic rings. The minimum atomic E-state index is -0.834. The Hall–Kier alpha value is -3.11. The molecule has 0 saturated carbocycles. The SMILES string of the molecule is CC(C)(C)OC(=O)NC1(C=Cc2ccc(C#CCCCOCc3ccccc3)cc2)COC(C)(C)OC1. The van der Waals surface area contributed by atoms with E-state index >= 15 is 0 Å². The summed E-state index contributed by atoms with van der Waals surface area (Å²) in [6.07, 6.45) is 5.02. The Kier molecular flexibility index (Phi) is 9.93. The van der Waals surface area contributed by atoms with Crippen LogP contribution >= 0.6 is 0 Å². The predicted octanol–water partition coefficient (Wildman–Crippen LogP) is 6.09. The molecule has 0 unspecified atom stereocenters. The smallest absolute Gasteiger partial charge is 0.408 e. The molecule has 2 aromatic rings. The molecular weight excluding hydrogens is 466 g/mol. The number of benzene rings is 2. The van der Waals surface area contributed by atoms with Gasteiger partial charge >= 0.3 is 6.09 Å². The Labute approximate surface area is 221 Å². The van der Waals surface area contributed by atoms with Crippen LogP contribution in [0.1, 0.15) is 64.2 Å². The highest BCUT2D eigenvalue weighted by atomic mass is 16.7. The van der Waals surface area contributed by atoms with Crippen molar-refractivity contribution in [3.8, 4) is 11.8 Å². The number of carbonyl (C=O) groups is 1. The Bertz CT molecular complexity index is 1080. The lowest BCUT2D eigenvalue weighted by Gasteiger charge is -2.42. The number of carbonyl (C=O) groups excluding carboxylic acids is 1. The molecule has 37 heavy (non-hydrogen) atoms. The summed E-state index contributed by atoms with van der Waals surface area (Å²) in [7, 11) is 0. The third kappa shape index (κ3) is 10.4. The largest absolute Gasteiger partial charge is 0.444 e. The summed E-state index contributed by atoms with van der Waals surface area (Å²) in [6, 6.07) is 18.1. The van der Waals surface area contributed by atoms with Gasteiger partial charge in [-0.15, -0.1) is 0 Å². The Morgan fingerprint density at radius 2 is 1.73 bits per heavy atom. The number of ether oxygens (including phenoxy) is 4. The van der Waals surface area contributed by atoms with Gasteiger partial charge in [0.15, 0.2) is 5.79 Å². The molecule has 0 aliphatic carbocycles. The highest BCUT2D eigenvalue weighted by molar-refractivity contribution is 5.70. The monoisotopic (exact) mass is 505 g/mol. The van der Waals surface area contributed by atoms with Crippen LogP contribution in [0.3, 0.4) is 0 Å². The maximum atomic E-state index is 12.5. The molecule has 3 rings (SSSR count). The Morgan fingerprint density at radius 1 is 1.05 bits per heavy atom. The van der Waals surface area contributed by atoms with Crippen molar-refractivity contribution in [1.29, 1.82) is 0 Å². The van der Waals surface area contributed by atoms with Crippen LogP contribution < -0.4 is 5.32 Å². The van der Waals surface area contributed by atoms with E-state index in [0.717, 1.165) is 24.0 Å². The van der Waals surface area contributed by atoms with Crippen LogP contribution in [-0.4, -0.2) is 42.8 Å². The van der Waals surface area contributed by atoms with E-state index in [0.29, 0.717) is 13.2 Å². The van der Waals surface area contributed by atoms with Gasteiger partial charge in [-0.2, -0.15) is 0 Å². The molecule has 1 heterocycles. The maximum Gasteiger partial charge on any atom is 0.408 e. The summed E-state index contributed by atoms with van der Waals surface area (Å²) in [4.78, 5) is 12.5. The van der Waals surface area contributed by atoms with Crippen molar-refractivity contribution in [2.45, 2.75) is 71.0 Å². The van der Waals surface area contributed by atoms with E-state index < -0.39 is 23.0 Å². The van der Waals surface area contributed by atoms with Crippen LogP contribution in [0.15, 0.2) is 60.7 Å². The van der Waals surface area contributed by atoms with Gasteiger partial charge in [-0.05, 0) is 64.3 Å². The quantitative estimate of drug-likeness (QED) is 0.347. The van der Waals surface area contributed by atoms with Crippen LogP contribution in [-0.2, 0) is 25.6 Å². The number of hydrogen-bond donors (Lipinski definition) is 1. The Morgan fingerprint density at radius 3 is 2.38 bits per heavy atom. The zero-order valence-corrected chi connectivity index (χ0v) is 22.6. The molecule has 1 amide bonds. The van der Waals surface area contributed by atoms with Gasteiger partial charge in [0.05, 0.1) is 19.8 Å². The number of nitrogens with one attached hydrogen (secondary N) is 1. The van der Waals surface area contributed by atoms with E-state index in [9.17, 15) is 4.79 Å². The van der Waals surface area contributed by atoms with Crippen molar-refractivity contribution in [2.75, 3.05) is 19.8 Å². The van der Waals surface area contributed by atoms with Crippen molar-refractivity contribution < 1.29 is 23.7 Å². The highest BCUT2D eigenvalue weighted by Crippen LogP contribution is 2.26. The third-order valence-corrected chi connectivity index (χ3v) is 5.54. The van der Waals surface area contributed by atoms with Crippen LogP contribution in [0.25, 0.3) is 6.08 Å². The van der Waals surface area contributed by atoms with E-state index in [4.69, 9.17) is 18.9 Å². The lowest BCUT2D eigenvalue weighted by Crippen LogP contribution is -2.60. The first-order valence-corrected chi connectivity index (χ1v) is 12.7. The predicted molar refractivity (Wildman–Crippen MR) is 146 cm³/mol. The van der Waals surface area contributed by atoms with Crippen molar-refractivity contribution in [1.82, 2.24) is 5.32 Å². The van der Waals surface area contributed by atoms with Gasteiger partial charge in [0.25, 0.3) is 0 Å². The van der Waals surface area contributed by atoms with Gasteiger partial charge in [-0.25, -0.2) is 4.79 Å². The van der Waals surface area contributed by atoms with E-state index in [1.807, 2.05) is 89.2 Å². The Balaban J connectivity index is 1.52. The zero-order chi connectivity index (χ0) is 26.8. The fraction of sp³-hybridized carbons (Fsp3) is 0.452. The van der Waals surface area contributed by atoms with Crippen molar-refractivity contribution in [2.24, 2.45) is 0 Å². The molecule has 1 N–H and O–H groups in total. The molecule has 6 nitrogen and oxygen atoms in total. The number of alkyl carbamates (subject to hydrolysis) is 1. The number of hydrogen-bond acceptors (Lipinski definition) is 5. The molecule has 1 fully saturated rings. The lowest BCUT2D eigenvalue weighted by atomic mass is 9.98. The summed E-state index contributed by atoms with van der Waals surface area (Å²) in [5.74, 6) is 5.71. The number of unbranched alkanes of at least 4 members (excludes halogenated alkanes) is 1. The lowest BCUT2D eigenvalue weighted by molar-refractivity contribution is -0.263. The number of amides is 1. The van der Waals surface area contributed by atoms with E-state index in [-0.39, 0.29) is 13.2 Å². The van der Waals surface area contributed by atoms with Gasteiger partial charge in [-0.3, -0.25) is 0 Å². The summed E-state index contributed by atoms with van der Waals surface area (Å²) < 4.78 is 22.9. The average Bonchev–Trinajstić information content (AvgIpc) is 2.84. The average molecular weight is 506 g/mol. The number of rotatable bonds is 8. The fourth-order valence-corrected chi connectivity index (χ4v) is 3.53. The minimum Gasteiger partial charge on any atom is -0.444 e.